The van der Waals surface area contributed by atoms with Crippen molar-refractivity contribution in [1.82, 2.24) is 20.2 Å². The van der Waals surface area contributed by atoms with Gasteiger partial charge < -0.3 is 4.90 Å². The van der Waals surface area contributed by atoms with Crippen LogP contribution < -0.4 is 4.90 Å². The average molecular weight is 274 g/mol. The van der Waals surface area contributed by atoms with E-state index >= 15 is 0 Å². The van der Waals surface area contributed by atoms with Gasteiger partial charge in [0.15, 0.2) is 0 Å². The van der Waals surface area contributed by atoms with Gasteiger partial charge in [0, 0.05) is 25.2 Å². The molecule has 0 amide bonds. The number of aromatic amines is 1. The van der Waals surface area contributed by atoms with Crippen LogP contribution in [-0.2, 0) is 0 Å². The SMILES string of the molecule is O=[N+]([O-])c1cnccc1N1CCC[C@@H](c2ncn[nH]2)C1. The molecule has 0 saturated carbocycles. The van der Waals surface area contributed by atoms with Gasteiger partial charge in [0.2, 0.25) is 0 Å². The summed E-state index contributed by atoms with van der Waals surface area (Å²) in [6.07, 6.45) is 6.34. The van der Waals surface area contributed by atoms with Crippen molar-refractivity contribution >= 4 is 11.4 Å². The fourth-order valence-electron chi connectivity index (χ4n) is 2.62. The van der Waals surface area contributed by atoms with Crippen molar-refractivity contribution in [1.29, 1.82) is 0 Å². The van der Waals surface area contributed by atoms with Gasteiger partial charge in [-0.1, -0.05) is 0 Å². The zero-order valence-corrected chi connectivity index (χ0v) is 10.8. The molecule has 1 saturated heterocycles. The molecule has 0 spiro atoms. The number of hydrogen-bond acceptors (Lipinski definition) is 6. The predicted octanol–water partition coefficient (Wildman–Crippen LogP) is 1.49. The number of hydrogen-bond donors (Lipinski definition) is 1. The van der Waals surface area contributed by atoms with Crippen LogP contribution in [-0.4, -0.2) is 38.2 Å². The first-order chi connectivity index (χ1) is 9.75. The highest BCUT2D eigenvalue weighted by molar-refractivity contribution is 5.62. The second-order valence-corrected chi connectivity index (χ2v) is 4.78. The molecule has 1 aliphatic heterocycles. The van der Waals surface area contributed by atoms with E-state index in [1.54, 1.807) is 12.3 Å². The number of pyridine rings is 1. The van der Waals surface area contributed by atoms with Gasteiger partial charge in [-0.25, -0.2) is 4.98 Å². The van der Waals surface area contributed by atoms with Crippen molar-refractivity contribution in [2.45, 2.75) is 18.8 Å². The Balaban J connectivity index is 1.86. The van der Waals surface area contributed by atoms with Crippen LogP contribution in [0.3, 0.4) is 0 Å². The zero-order valence-electron chi connectivity index (χ0n) is 10.8. The third-order valence-electron chi connectivity index (χ3n) is 3.56. The minimum absolute atomic E-state index is 0.0470. The molecule has 0 radical (unpaired) electrons. The van der Waals surface area contributed by atoms with Gasteiger partial charge in [0.1, 0.15) is 24.0 Å². The van der Waals surface area contributed by atoms with Crippen molar-refractivity contribution in [3.05, 3.63) is 40.7 Å². The molecular formula is C12H14N6O2. The van der Waals surface area contributed by atoms with Gasteiger partial charge in [-0.3, -0.25) is 20.2 Å². The molecule has 8 heteroatoms. The molecule has 8 nitrogen and oxygen atoms in total. The third-order valence-corrected chi connectivity index (χ3v) is 3.56. The number of rotatable bonds is 3. The number of aromatic nitrogens is 4. The van der Waals surface area contributed by atoms with E-state index in [-0.39, 0.29) is 16.5 Å². The quantitative estimate of drug-likeness (QED) is 0.672. The molecule has 1 atom stereocenters. The summed E-state index contributed by atoms with van der Waals surface area (Å²) in [7, 11) is 0. The molecule has 1 N–H and O–H groups in total. The Labute approximate surface area is 115 Å². The number of nitro groups is 1. The van der Waals surface area contributed by atoms with Gasteiger partial charge in [0.05, 0.1) is 4.92 Å². The minimum Gasteiger partial charge on any atom is -0.365 e. The van der Waals surface area contributed by atoms with Crippen LogP contribution in [0.5, 0.6) is 0 Å². The van der Waals surface area contributed by atoms with Gasteiger partial charge in [-0.05, 0) is 18.9 Å². The van der Waals surface area contributed by atoms with E-state index in [9.17, 15) is 10.1 Å². The second-order valence-electron chi connectivity index (χ2n) is 4.78. The molecule has 20 heavy (non-hydrogen) atoms. The Morgan fingerprint density at radius 1 is 1.50 bits per heavy atom. The molecule has 3 rings (SSSR count). The van der Waals surface area contributed by atoms with Crippen LogP contribution >= 0.6 is 0 Å². The van der Waals surface area contributed by atoms with E-state index in [0.717, 1.165) is 25.2 Å². The number of anilines is 1. The number of nitrogens with zero attached hydrogens (tertiary/aromatic N) is 5. The zero-order chi connectivity index (χ0) is 13.9. The number of H-pyrrole nitrogens is 1. The van der Waals surface area contributed by atoms with E-state index in [0.29, 0.717) is 12.2 Å². The summed E-state index contributed by atoms with van der Waals surface area (Å²) >= 11 is 0. The molecule has 0 unspecified atom stereocenters. The Morgan fingerprint density at radius 2 is 2.40 bits per heavy atom. The second kappa shape index (κ2) is 5.24. The van der Waals surface area contributed by atoms with Gasteiger partial charge >= 0.3 is 5.69 Å². The summed E-state index contributed by atoms with van der Waals surface area (Å²) in [5.74, 6) is 1.06. The molecular weight excluding hydrogens is 260 g/mol. The molecule has 104 valence electrons. The largest absolute Gasteiger partial charge is 0.365 e. The Morgan fingerprint density at radius 3 is 3.15 bits per heavy atom. The van der Waals surface area contributed by atoms with Crippen molar-refractivity contribution < 1.29 is 4.92 Å². The first-order valence-corrected chi connectivity index (χ1v) is 6.44. The first-order valence-electron chi connectivity index (χ1n) is 6.44. The summed E-state index contributed by atoms with van der Waals surface area (Å²) in [5, 5.41) is 17.8. The van der Waals surface area contributed by atoms with E-state index in [2.05, 4.69) is 20.2 Å². The highest BCUT2D eigenvalue weighted by Crippen LogP contribution is 2.32. The number of nitrogens with one attached hydrogen (secondary N) is 1. The lowest BCUT2D eigenvalue weighted by Gasteiger charge is -2.32. The van der Waals surface area contributed by atoms with Crippen LogP contribution in [0.15, 0.2) is 24.8 Å². The van der Waals surface area contributed by atoms with Gasteiger partial charge in [-0.2, -0.15) is 5.10 Å². The molecule has 2 aromatic rings. The first kappa shape index (κ1) is 12.5. The lowest BCUT2D eigenvalue weighted by Crippen LogP contribution is -2.35. The molecule has 1 aliphatic rings. The highest BCUT2D eigenvalue weighted by Gasteiger charge is 2.27. The molecule has 0 aromatic carbocycles. The Kier molecular flexibility index (Phi) is 3.28. The lowest BCUT2D eigenvalue weighted by molar-refractivity contribution is -0.384. The summed E-state index contributed by atoms with van der Waals surface area (Å²) in [6, 6.07) is 1.70. The lowest BCUT2D eigenvalue weighted by atomic mass is 9.97. The maximum atomic E-state index is 11.1. The van der Waals surface area contributed by atoms with E-state index in [1.807, 2.05) is 4.90 Å². The molecule has 3 heterocycles. The molecule has 1 fully saturated rings. The smallest absolute Gasteiger partial charge is 0.310 e. The topological polar surface area (TPSA) is 101 Å². The van der Waals surface area contributed by atoms with E-state index in [4.69, 9.17) is 0 Å². The van der Waals surface area contributed by atoms with Crippen molar-refractivity contribution in [3.8, 4) is 0 Å². The van der Waals surface area contributed by atoms with Crippen LogP contribution in [0.2, 0.25) is 0 Å². The van der Waals surface area contributed by atoms with Crippen LogP contribution in [0.25, 0.3) is 0 Å². The summed E-state index contributed by atoms with van der Waals surface area (Å²) in [4.78, 5) is 20.7. The van der Waals surface area contributed by atoms with Gasteiger partial charge in [0.25, 0.3) is 0 Å². The predicted molar refractivity (Wildman–Crippen MR) is 71.5 cm³/mol. The molecule has 0 aliphatic carbocycles. The fourth-order valence-corrected chi connectivity index (χ4v) is 2.62. The highest BCUT2D eigenvalue weighted by atomic mass is 16.6. The standard InChI is InChI=1S/C12H14N6O2/c19-18(20)11-6-13-4-3-10(11)17-5-1-2-9(7-17)12-14-8-15-16-12/h3-4,6,8-9H,1-2,5,7H2,(H,14,15,16)/t9-/m1/s1. The van der Waals surface area contributed by atoms with Crippen molar-refractivity contribution in [2.75, 3.05) is 18.0 Å². The summed E-state index contributed by atoms with van der Waals surface area (Å²) in [6.45, 7) is 1.50. The van der Waals surface area contributed by atoms with Crippen LogP contribution in [0.4, 0.5) is 11.4 Å². The summed E-state index contributed by atoms with van der Waals surface area (Å²) in [5.41, 5.74) is 0.667. The fraction of sp³-hybridized carbons (Fsp3) is 0.417. The van der Waals surface area contributed by atoms with Gasteiger partial charge in [-0.15, -0.1) is 0 Å². The monoisotopic (exact) mass is 274 g/mol. The molecule has 0 bridgehead atoms. The Bertz CT molecular complexity index is 600. The maximum Gasteiger partial charge on any atom is 0.310 e. The van der Waals surface area contributed by atoms with E-state index in [1.165, 1.54) is 12.5 Å². The Hall–Kier alpha value is -2.51. The van der Waals surface area contributed by atoms with Crippen molar-refractivity contribution in [2.24, 2.45) is 0 Å². The molecule has 2 aromatic heterocycles. The minimum atomic E-state index is -0.388. The van der Waals surface area contributed by atoms with Crippen LogP contribution in [0.1, 0.15) is 24.6 Å². The van der Waals surface area contributed by atoms with Crippen molar-refractivity contribution in [3.63, 3.8) is 0 Å². The third kappa shape index (κ3) is 2.31. The number of piperidine rings is 1. The summed E-state index contributed by atoms with van der Waals surface area (Å²) < 4.78 is 0. The average Bonchev–Trinajstić information content (AvgIpc) is 3.01. The van der Waals surface area contributed by atoms with E-state index < -0.39 is 0 Å². The van der Waals surface area contributed by atoms with Crippen LogP contribution in [0, 0.1) is 10.1 Å². The maximum absolute atomic E-state index is 11.1. The normalized spacial score (nSPS) is 19.0.